The van der Waals surface area contributed by atoms with E-state index in [4.69, 9.17) is 9.72 Å². The molecule has 2 aromatic carbocycles. The van der Waals surface area contributed by atoms with Gasteiger partial charge in [0, 0.05) is 58.5 Å². The SMILES string of the molecule is CC(C)(C)c1ccnc(-n2c3cnccc3c3ccc(Oc4ccc5c6ccncc6n(-c6ccccn6)c5c4)cc32)c1. The van der Waals surface area contributed by atoms with E-state index in [2.05, 4.69) is 87.3 Å². The zero-order valence-electron chi connectivity index (χ0n) is 24.1. The Hall–Kier alpha value is -5.56. The molecule has 0 atom stereocenters. The number of nitrogens with zero attached hydrogens (tertiary/aromatic N) is 6. The monoisotopic (exact) mass is 560 g/mol. The lowest BCUT2D eigenvalue weighted by molar-refractivity contribution is 0.484. The molecule has 0 fully saturated rings. The number of rotatable bonds is 4. The van der Waals surface area contributed by atoms with E-state index in [0.717, 1.165) is 66.7 Å². The molecule has 0 saturated carbocycles. The van der Waals surface area contributed by atoms with Gasteiger partial charge in [0.2, 0.25) is 0 Å². The molecule has 0 unspecified atom stereocenters. The van der Waals surface area contributed by atoms with Crippen molar-refractivity contribution in [3.63, 3.8) is 0 Å². The first-order valence-electron chi connectivity index (χ1n) is 14.3. The Balaban J connectivity index is 1.28. The van der Waals surface area contributed by atoms with Gasteiger partial charge in [-0.1, -0.05) is 26.8 Å². The summed E-state index contributed by atoms with van der Waals surface area (Å²) in [6.45, 7) is 6.64. The van der Waals surface area contributed by atoms with E-state index in [1.807, 2.05) is 67.4 Å². The van der Waals surface area contributed by atoms with Crippen molar-refractivity contribution in [3.05, 3.63) is 122 Å². The summed E-state index contributed by atoms with van der Waals surface area (Å²) in [4.78, 5) is 18.2. The largest absolute Gasteiger partial charge is 0.457 e. The third-order valence-corrected chi connectivity index (χ3v) is 8.04. The smallest absolute Gasteiger partial charge is 0.137 e. The first-order chi connectivity index (χ1) is 21.0. The summed E-state index contributed by atoms with van der Waals surface area (Å²) in [5, 5.41) is 4.47. The highest BCUT2D eigenvalue weighted by atomic mass is 16.5. The van der Waals surface area contributed by atoms with Crippen molar-refractivity contribution in [1.29, 1.82) is 0 Å². The molecule has 7 heteroatoms. The molecule has 6 aromatic heterocycles. The Bertz CT molecular complexity index is 2310. The fourth-order valence-electron chi connectivity index (χ4n) is 5.94. The molecule has 8 rings (SSSR count). The van der Waals surface area contributed by atoms with Crippen LogP contribution in [0.3, 0.4) is 0 Å². The van der Waals surface area contributed by atoms with Crippen molar-refractivity contribution in [2.24, 2.45) is 0 Å². The van der Waals surface area contributed by atoms with Crippen molar-refractivity contribution in [1.82, 2.24) is 29.1 Å². The Morgan fingerprint density at radius 1 is 0.535 bits per heavy atom. The minimum atomic E-state index is -0.00455. The van der Waals surface area contributed by atoms with Crippen LogP contribution in [0.2, 0.25) is 0 Å². The highest BCUT2D eigenvalue weighted by Gasteiger charge is 2.19. The maximum absolute atomic E-state index is 6.55. The highest BCUT2D eigenvalue weighted by Crippen LogP contribution is 2.37. The van der Waals surface area contributed by atoms with E-state index in [0.29, 0.717) is 0 Å². The molecule has 0 saturated heterocycles. The minimum Gasteiger partial charge on any atom is -0.457 e. The van der Waals surface area contributed by atoms with Gasteiger partial charge in [-0.15, -0.1) is 0 Å². The third kappa shape index (κ3) is 4.12. The molecule has 0 aliphatic heterocycles. The quantitative estimate of drug-likeness (QED) is 0.216. The van der Waals surface area contributed by atoms with Crippen LogP contribution in [0.1, 0.15) is 26.3 Å². The second-order valence-corrected chi connectivity index (χ2v) is 11.8. The van der Waals surface area contributed by atoms with Crippen LogP contribution in [0.25, 0.3) is 55.2 Å². The van der Waals surface area contributed by atoms with Crippen LogP contribution in [0, 0.1) is 0 Å². The maximum Gasteiger partial charge on any atom is 0.137 e. The molecule has 0 bridgehead atoms. The number of hydrogen-bond donors (Lipinski definition) is 0. The van der Waals surface area contributed by atoms with Gasteiger partial charge in [0.25, 0.3) is 0 Å². The summed E-state index contributed by atoms with van der Waals surface area (Å²) in [6.07, 6.45) is 11.1. The number of hydrogen-bond acceptors (Lipinski definition) is 5. The lowest BCUT2D eigenvalue weighted by atomic mass is 9.88. The van der Waals surface area contributed by atoms with Crippen molar-refractivity contribution >= 4 is 43.6 Å². The van der Waals surface area contributed by atoms with Gasteiger partial charge in [0.1, 0.15) is 23.1 Å². The molecule has 0 amide bonds. The van der Waals surface area contributed by atoms with Crippen LogP contribution in [0.4, 0.5) is 0 Å². The van der Waals surface area contributed by atoms with Crippen molar-refractivity contribution in [3.8, 4) is 23.1 Å². The topological polar surface area (TPSA) is 70.7 Å². The van der Waals surface area contributed by atoms with E-state index in [1.165, 1.54) is 5.56 Å². The highest BCUT2D eigenvalue weighted by molar-refractivity contribution is 6.10. The zero-order chi connectivity index (χ0) is 29.1. The predicted molar refractivity (Wildman–Crippen MR) is 172 cm³/mol. The molecule has 0 radical (unpaired) electrons. The summed E-state index contributed by atoms with van der Waals surface area (Å²) in [6, 6.07) is 26.7. The number of aromatic nitrogens is 6. The van der Waals surface area contributed by atoms with Crippen LogP contribution >= 0.6 is 0 Å². The summed E-state index contributed by atoms with van der Waals surface area (Å²) in [5.41, 5.74) is 5.23. The first kappa shape index (κ1) is 25.2. The Morgan fingerprint density at radius 3 is 1.70 bits per heavy atom. The summed E-state index contributed by atoms with van der Waals surface area (Å²) in [5.74, 6) is 3.15. The van der Waals surface area contributed by atoms with Crippen molar-refractivity contribution in [2.75, 3.05) is 0 Å². The summed E-state index contributed by atoms with van der Waals surface area (Å²) in [7, 11) is 0. The van der Waals surface area contributed by atoms with Gasteiger partial charge in [0.15, 0.2) is 0 Å². The van der Waals surface area contributed by atoms with Crippen LogP contribution < -0.4 is 4.74 Å². The molecule has 43 heavy (non-hydrogen) atoms. The van der Waals surface area contributed by atoms with E-state index < -0.39 is 0 Å². The minimum absolute atomic E-state index is 0.00455. The fourth-order valence-corrected chi connectivity index (χ4v) is 5.94. The molecule has 7 nitrogen and oxygen atoms in total. The Labute approximate surface area is 248 Å². The summed E-state index contributed by atoms with van der Waals surface area (Å²) >= 11 is 0. The molecule has 8 aromatic rings. The second kappa shape index (κ2) is 9.49. The van der Waals surface area contributed by atoms with Crippen molar-refractivity contribution < 1.29 is 4.74 Å². The Morgan fingerprint density at radius 2 is 1.12 bits per heavy atom. The average molecular weight is 561 g/mol. The third-order valence-electron chi connectivity index (χ3n) is 8.04. The summed E-state index contributed by atoms with van der Waals surface area (Å²) < 4.78 is 10.9. The van der Waals surface area contributed by atoms with Gasteiger partial charge in [-0.05, 0) is 71.6 Å². The fraction of sp³-hybridized carbons (Fsp3) is 0.111. The molecular weight excluding hydrogens is 532 g/mol. The second-order valence-electron chi connectivity index (χ2n) is 11.8. The van der Waals surface area contributed by atoms with E-state index in [1.54, 1.807) is 6.20 Å². The lowest BCUT2D eigenvalue weighted by Gasteiger charge is -2.20. The standard InChI is InChI=1S/C36H28N6O/c1-36(2,3)23-11-17-40-35(18-23)42-31-20-25(8-10-27(31)29-13-16-38-22-33(29)42)43-24-7-9-26-28-12-15-37-21-32(28)41(30(26)19-24)34-6-4-5-14-39-34/h4-22H,1-3H3. The number of benzene rings is 2. The van der Waals surface area contributed by atoms with Crippen LogP contribution in [0.15, 0.2) is 116 Å². The van der Waals surface area contributed by atoms with Gasteiger partial charge in [0.05, 0.1) is 34.5 Å². The number of pyridine rings is 4. The molecule has 0 spiro atoms. The molecule has 0 N–H and O–H groups in total. The Kier molecular flexibility index (Phi) is 5.56. The van der Waals surface area contributed by atoms with Gasteiger partial charge in [-0.25, -0.2) is 9.97 Å². The predicted octanol–water partition coefficient (Wildman–Crippen LogP) is 8.55. The van der Waals surface area contributed by atoms with Crippen LogP contribution in [0.5, 0.6) is 11.5 Å². The van der Waals surface area contributed by atoms with Gasteiger partial charge < -0.3 is 4.74 Å². The van der Waals surface area contributed by atoms with Crippen molar-refractivity contribution in [2.45, 2.75) is 26.2 Å². The average Bonchev–Trinajstić information content (AvgIpc) is 3.53. The van der Waals surface area contributed by atoms with E-state index in [9.17, 15) is 0 Å². The normalized spacial score (nSPS) is 12.1. The first-order valence-corrected chi connectivity index (χ1v) is 14.3. The van der Waals surface area contributed by atoms with Crippen LogP contribution in [-0.2, 0) is 5.41 Å². The molecule has 208 valence electrons. The molecule has 6 heterocycles. The molecular formula is C36H28N6O. The van der Waals surface area contributed by atoms with Crippen LogP contribution in [-0.4, -0.2) is 29.1 Å². The number of fused-ring (bicyclic) bond motifs is 6. The molecule has 0 aliphatic rings. The van der Waals surface area contributed by atoms with Gasteiger partial charge in [-0.2, -0.15) is 0 Å². The lowest BCUT2D eigenvalue weighted by Crippen LogP contribution is -2.12. The van der Waals surface area contributed by atoms with Gasteiger partial charge in [-0.3, -0.25) is 19.1 Å². The maximum atomic E-state index is 6.55. The number of ether oxygens (including phenoxy) is 1. The zero-order valence-corrected chi connectivity index (χ0v) is 24.1. The molecule has 0 aliphatic carbocycles. The van der Waals surface area contributed by atoms with E-state index >= 15 is 0 Å². The van der Waals surface area contributed by atoms with Gasteiger partial charge >= 0.3 is 0 Å². The van der Waals surface area contributed by atoms with E-state index in [-0.39, 0.29) is 5.41 Å².